The Morgan fingerprint density at radius 1 is 1.35 bits per heavy atom. The second-order valence-electron chi connectivity index (χ2n) is 5.17. The number of hydrogen-bond acceptors (Lipinski definition) is 5. The Bertz CT molecular complexity index is 261. The highest BCUT2D eigenvalue weighted by Crippen LogP contribution is 2.16. The highest BCUT2D eigenvalue weighted by atomic mass is 32.2. The third-order valence-corrected chi connectivity index (χ3v) is 2.42. The van der Waals surface area contributed by atoms with Crippen LogP contribution in [0.1, 0.15) is 34.6 Å². The van der Waals surface area contributed by atoms with Crippen LogP contribution < -0.4 is 5.32 Å². The fourth-order valence-electron chi connectivity index (χ4n) is 0.728. The summed E-state index contributed by atoms with van der Waals surface area (Å²) in [6, 6.07) is 0. The van der Waals surface area contributed by atoms with Crippen molar-refractivity contribution in [3.05, 3.63) is 12.7 Å². The van der Waals surface area contributed by atoms with Gasteiger partial charge in [-0.15, -0.1) is 4.33 Å². The molecule has 0 aromatic rings. The first kappa shape index (κ1) is 16.4. The molecule has 0 spiro atoms. The van der Waals surface area contributed by atoms with Crippen molar-refractivity contribution >= 4 is 17.9 Å². The Labute approximate surface area is 107 Å². The molecule has 5 nitrogen and oxygen atoms in total. The van der Waals surface area contributed by atoms with Gasteiger partial charge in [-0.2, -0.15) is 4.89 Å². The molecule has 17 heavy (non-hydrogen) atoms. The lowest BCUT2D eigenvalue weighted by Gasteiger charge is -2.24. The zero-order valence-electron chi connectivity index (χ0n) is 11.0. The SMILES string of the molecule is C=CC(=O)NC(C)(C)CSOOOC(C)(C)C. The predicted molar refractivity (Wildman–Crippen MR) is 67.9 cm³/mol. The highest BCUT2D eigenvalue weighted by molar-refractivity contribution is 7.94. The van der Waals surface area contributed by atoms with E-state index in [-0.39, 0.29) is 5.91 Å². The van der Waals surface area contributed by atoms with Crippen molar-refractivity contribution < 1.29 is 19.1 Å². The van der Waals surface area contributed by atoms with Crippen LogP contribution in [-0.4, -0.2) is 22.8 Å². The Morgan fingerprint density at radius 2 is 1.94 bits per heavy atom. The number of amides is 1. The largest absolute Gasteiger partial charge is 0.347 e. The molecule has 1 amide bonds. The van der Waals surface area contributed by atoms with Crippen LogP contribution in [0.15, 0.2) is 12.7 Å². The van der Waals surface area contributed by atoms with Gasteiger partial charge in [-0.05, 0) is 40.7 Å². The van der Waals surface area contributed by atoms with Crippen molar-refractivity contribution in [2.45, 2.75) is 45.8 Å². The molecule has 0 bridgehead atoms. The first-order valence-electron chi connectivity index (χ1n) is 5.25. The first-order valence-corrected chi connectivity index (χ1v) is 6.16. The van der Waals surface area contributed by atoms with E-state index in [0.717, 1.165) is 12.0 Å². The zero-order chi connectivity index (χ0) is 13.5. The van der Waals surface area contributed by atoms with Gasteiger partial charge in [-0.3, -0.25) is 4.79 Å². The summed E-state index contributed by atoms with van der Waals surface area (Å²) >= 11 is 1.06. The van der Waals surface area contributed by atoms with Gasteiger partial charge < -0.3 is 5.32 Å². The third-order valence-electron chi connectivity index (χ3n) is 1.43. The van der Waals surface area contributed by atoms with Crippen LogP contribution in [-0.2, 0) is 19.1 Å². The molecule has 0 unspecified atom stereocenters. The van der Waals surface area contributed by atoms with Crippen LogP contribution in [0.4, 0.5) is 0 Å². The average molecular weight is 263 g/mol. The number of nitrogens with one attached hydrogen (secondary N) is 1. The molecule has 0 saturated heterocycles. The van der Waals surface area contributed by atoms with Crippen LogP contribution >= 0.6 is 12.0 Å². The van der Waals surface area contributed by atoms with Crippen LogP contribution in [0, 0.1) is 0 Å². The summed E-state index contributed by atoms with van der Waals surface area (Å²) in [5.74, 6) is 0.294. The monoisotopic (exact) mass is 263 g/mol. The van der Waals surface area contributed by atoms with Crippen LogP contribution in [0.3, 0.4) is 0 Å². The summed E-state index contributed by atoms with van der Waals surface area (Å²) in [5.41, 5.74) is -0.839. The molecule has 0 fully saturated rings. The summed E-state index contributed by atoms with van der Waals surface area (Å²) in [5, 5.41) is 7.31. The summed E-state index contributed by atoms with van der Waals surface area (Å²) in [6.07, 6.45) is 1.23. The summed E-state index contributed by atoms with van der Waals surface area (Å²) in [4.78, 5) is 16.0. The Hall–Kier alpha value is -0.560. The lowest BCUT2D eigenvalue weighted by Crippen LogP contribution is -2.44. The van der Waals surface area contributed by atoms with Gasteiger partial charge in [-0.1, -0.05) is 11.6 Å². The third kappa shape index (κ3) is 10.3. The van der Waals surface area contributed by atoms with Crippen molar-refractivity contribution in [2.75, 3.05) is 5.75 Å². The van der Waals surface area contributed by atoms with Crippen LogP contribution in [0.25, 0.3) is 0 Å². The number of rotatable bonds is 7. The molecule has 0 radical (unpaired) electrons. The molecule has 1 N–H and O–H groups in total. The van der Waals surface area contributed by atoms with E-state index in [2.05, 4.69) is 16.9 Å². The van der Waals surface area contributed by atoms with E-state index in [4.69, 9.17) is 9.22 Å². The van der Waals surface area contributed by atoms with E-state index in [1.807, 2.05) is 34.6 Å². The van der Waals surface area contributed by atoms with E-state index in [0.29, 0.717) is 5.75 Å². The molecule has 0 aliphatic carbocycles. The summed E-state index contributed by atoms with van der Waals surface area (Å²) < 4.78 is 4.78. The highest BCUT2D eigenvalue weighted by Gasteiger charge is 2.20. The number of hydrogen-bond donors (Lipinski definition) is 1. The molecule has 6 heteroatoms. The van der Waals surface area contributed by atoms with Gasteiger partial charge in [0, 0.05) is 23.3 Å². The topological polar surface area (TPSA) is 56.8 Å². The molecule has 0 heterocycles. The van der Waals surface area contributed by atoms with E-state index >= 15 is 0 Å². The molecular formula is C11H21NO4S. The smallest absolute Gasteiger partial charge is 0.243 e. The molecule has 0 aromatic carbocycles. The Kier molecular flexibility index (Phi) is 6.77. The van der Waals surface area contributed by atoms with Crippen LogP contribution in [0.2, 0.25) is 0 Å². The van der Waals surface area contributed by atoms with Gasteiger partial charge >= 0.3 is 0 Å². The summed E-state index contributed by atoms with van der Waals surface area (Å²) in [6.45, 7) is 12.7. The molecule has 0 rings (SSSR count). The predicted octanol–water partition coefficient (Wildman–Crippen LogP) is 2.39. The minimum Gasteiger partial charge on any atom is -0.347 e. The maximum absolute atomic E-state index is 11.1. The van der Waals surface area contributed by atoms with Gasteiger partial charge in [0.05, 0.1) is 5.60 Å². The molecule has 0 atom stereocenters. The van der Waals surface area contributed by atoms with Crippen molar-refractivity contribution in [3.63, 3.8) is 0 Å². The molecular weight excluding hydrogens is 242 g/mol. The van der Waals surface area contributed by atoms with Crippen molar-refractivity contribution in [3.8, 4) is 0 Å². The minimum absolute atomic E-state index is 0.220. The molecule has 0 aliphatic rings. The summed E-state index contributed by atoms with van der Waals surface area (Å²) in [7, 11) is 0. The fraction of sp³-hybridized carbons (Fsp3) is 0.727. The fourth-order valence-corrected chi connectivity index (χ4v) is 1.21. The molecule has 100 valence electrons. The van der Waals surface area contributed by atoms with E-state index in [1.54, 1.807) is 0 Å². The normalized spacial score (nSPS) is 12.3. The number of carbonyl (C=O) groups is 1. The van der Waals surface area contributed by atoms with Gasteiger partial charge in [0.1, 0.15) is 0 Å². The lowest BCUT2D eigenvalue weighted by atomic mass is 10.1. The van der Waals surface area contributed by atoms with Crippen molar-refractivity contribution in [1.29, 1.82) is 0 Å². The molecule has 0 aromatic heterocycles. The maximum atomic E-state index is 11.1. The van der Waals surface area contributed by atoms with E-state index < -0.39 is 11.1 Å². The second-order valence-corrected chi connectivity index (χ2v) is 5.83. The lowest BCUT2D eigenvalue weighted by molar-refractivity contribution is -0.492. The quantitative estimate of drug-likeness (QED) is 0.251. The Morgan fingerprint density at radius 3 is 2.41 bits per heavy atom. The van der Waals surface area contributed by atoms with Crippen molar-refractivity contribution in [2.24, 2.45) is 0 Å². The average Bonchev–Trinajstić information content (AvgIpc) is 2.14. The van der Waals surface area contributed by atoms with Gasteiger partial charge in [0.25, 0.3) is 0 Å². The van der Waals surface area contributed by atoms with Crippen LogP contribution in [0.5, 0.6) is 0 Å². The molecule has 0 saturated carbocycles. The van der Waals surface area contributed by atoms with Gasteiger partial charge in [-0.25, -0.2) is 0 Å². The Balaban J connectivity index is 3.73. The zero-order valence-corrected chi connectivity index (χ0v) is 11.8. The van der Waals surface area contributed by atoms with Gasteiger partial charge in [0.2, 0.25) is 5.91 Å². The number of carbonyl (C=O) groups excluding carboxylic acids is 1. The van der Waals surface area contributed by atoms with E-state index in [1.165, 1.54) is 6.08 Å². The van der Waals surface area contributed by atoms with Crippen molar-refractivity contribution in [1.82, 2.24) is 5.32 Å². The molecule has 0 aliphatic heterocycles. The minimum atomic E-state index is -0.423. The van der Waals surface area contributed by atoms with E-state index in [9.17, 15) is 4.79 Å². The van der Waals surface area contributed by atoms with Gasteiger partial charge in [0.15, 0.2) is 0 Å². The first-order chi connectivity index (χ1) is 7.66. The standard InChI is InChI=1S/C11H21NO4S/c1-7-9(13)12-11(5,6)8-17-16-15-14-10(2,3)4/h7H,1,8H2,2-6H3,(H,12,13). The maximum Gasteiger partial charge on any atom is 0.243 e. The second kappa shape index (κ2) is 7.00.